The van der Waals surface area contributed by atoms with Crippen LogP contribution in [0.25, 0.3) is 11.8 Å². The van der Waals surface area contributed by atoms with Gasteiger partial charge in [-0.1, -0.05) is 12.1 Å². The summed E-state index contributed by atoms with van der Waals surface area (Å²) in [4.78, 5) is 27.4. The van der Waals surface area contributed by atoms with Gasteiger partial charge in [0.05, 0.1) is 0 Å². The van der Waals surface area contributed by atoms with Crippen molar-refractivity contribution in [3.63, 3.8) is 0 Å². The third kappa shape index (κ3) is 6.71. The van der Waals surface area contributed by atoms with Crippen molar-refractivity contribution < 1.29 is 18.0 Å². The minimum atomic E-state index is -4.61. The second-order valence-electron chi connectivity index (χ2n) is 7.89. The molecule has 11 heteroatoms. The average Bonchev–Trinajstić information content (AvgIpc) is 3.43. The number of thiazole rings is 1. The summed E-state index contributed by atoms with van der Waals surface area (Å²) in [6.45, 7) is 3.50. The zero-order valence-electron chi connectivity index (χ0n) is 18.7. The SMILES string of the molecule is CCn1c(=O)/c(=C\Nc2cccc(CCN3CCCC3)c2)s/c1=C(/C#N)C(=O)NCC(F)(F)F. The van der Waals surface area contributed by atoms with Crippen molar-refractivity contribution in [1.29, 1.82) is 5.26 Å². The fraction of sp³-hybridized carbons (Fsp3) is 0.435. The van der Waals surface area contributed by atoms with Crippen molar-refractivity contribution in [3.05, 3.63) is 49.4 Å². The smallest absolute Gasteiger partial charge is 0.360 e. The molecule has 1 aliphatic rings. The number of rotatable bonds is 8. The van der Waals surface area contributed by atoms with Gasteiger partial charge in [0, 0.05) is 25.0 Å². The number of carbonyl (C=O) groups excluding carboxylic acids is 1. The van der Waals surface area contributed by atoms with Crippen LogP contribution in [0.1, 0.15) is 25.3 Å². The molecule has 1 fully saturated rings. The van der Waals surface area contributed by atoms with E-state index in [9.17, 15) is 28.0 Å². The highest BCUT2D eigenvalue weighted by molar-refractivity contribution is 7.07. The molecule has 1 aliphatic heterocycles. The zero-order valence-corrected chi connectivity index (χ0v) is 19.6. The summed E-state index contributed by atoms with van der Waals surface area (Å²) in [5.41, 5.74) is 0.974. The summed E-state index contributed by atoms with van der Waals surface area (Å²) in [5.74, 6) is -1.17. The van der Waals surface area contributed by atoms with Gasteiger partial charge in [-0.3, -0.25) is 14.2 Å². The fourth-order valence-corrected chi connectivity index (χ4v) is 4.80. The third-order valence-electron chi connectivity index (χ3n) is 5.44. The Labute approximate surface area is 198 Å². The second kappa shape index (κ2) is 11.4. The van der Waals surface area contributed by atoms with E-state index >= 15 is 0 Å². The highest BCUT2D eigenvalue weighted by Gasteiger charge is 2.28. The molecule has 1 aromatic carbocycles. The molecular weight excluding hydrogens is 467 g/mol. The number of nitrogens with one attached hydrogen (secondary N) is 2. The maximum absolute atomic E-state index is 12.8. The van der Waals surface area contributed by atoms with Crippen LogP contribution in [0.3, 0.4) is 0 Å². The maximum atomic E-state index is 12.8. The number of nitrogens with zero attached hydrogens (tertiary/aromatic N) is 3. The van der Waals surface area contributed by atoms with Crippen molar-refractivity contribution >= 4 is 34.7 Å². The number of anilines is 1. The first-order valence-electron chi connectivity index (χ1n) is 11.0. The molecule has 2 heterocycles. The summed E-state index contributed by atoms with van der Waals surface area (Å²) in [7, 11) is 0. The Bertz CT molecular complexity index is 1240. The molecule has 0 unspecified atom stereocenters. The van der Waals surface area contributed by atoms with Crippen LogP contribution in [0.4, 0.5) is 18.9 Å². The Morgan fingerprint density at radius 2 is 2.03 bits per heavy atom. The minimum Gasteiger partial charge on any atom is -0.360 e. The van der Waals surface area contributed by atoms with Gasteiger partial charge in [0.15, 0.2) is 5.57 Å². The minimum absolute atomic E-state index is 0.0158. The second-order valence-corrected chi connectivity index (χ2v) is 8.92. The van der Waals surface area contributed by atoms with Crippen LogP contribution in [0.5, 0.6) is 0 Å². The van der Waals surface area contributed by atoms with Gasteiger partial charge < -0.3 is 15.5 Å². The van der Waals surface area contributed by atoms with Crippen LogP contribution in [0, 0.1) is 11.3 Å². The lowest BCUT2D eigenvalue weighted by Crippen LogP contribution is -2.37. The summed E-state index contributed by atoms with van der Waals surface area (Å²) >= 11 is 0.880. The number of alkyl halides is 3. The van der Waals surface area contributed by atoms with E-state index in [0.29, 0.717) is 0 Å². The van der Waals surface area contributed by atoms with Crippen LogP contribution in [-0.4, -0.2) is 47.7 Å². The van der Waals surface area contributed by atoms with Gasteiger partial charge in [0.2, 0.25) is 0 Å². The van der Waals surface area contributed by atoms with Crippen LogP contribution >= 0.6 is 11.3 Å². The van der Waals surface area contributed by atoms with E-state index in [0.717, 1.165) is 48.6 Å². The highest BCUT2D eigenvalue weighted by atomic mass is 32.1. The average molecular weight is 494 g/mol. The van der Waals surface area contributed by atoms with Crippen LogP contribution in [0.15, 0.2) is 29.1 Å². The standard InChI is InChI=1S/C23H26F3N5O2S/c1-2-31-21(33)19(34-22(31)18(13-27)20(32)29-15-23(24,25)26)14-28-17-7-5-6-16(12-17)8-11-30-9-3-4-10-30/h5-7,12,14,28H,2-4,8-11,15H2,1H3,(H,29,32)/b19-14+,22-18-. The van der Waals surface area contributed by atoms with Crippen molar-refractivity contribution in [2.75, 3.05) is 31.5 Å². The van der Waals surface area contributed by atoms with Gasteiger partial charge >= 0.3 is 6.18 Å². The molecule has 3 rings (SSSR count). The third-order valence-corrected chi connectivity index (χ3v) is 6.57. The van der Waals surface area contributed by atoms with Crippen molar-refractivity contribution in [2.45, 2.75) is 38.9 Å². The molecule has 7 nitrogen and oxygen atoms in total. The molecule has 1 aromatic heterocycles. The predicted octanol–water partition coefficient (Wildman–Crippen LogP) is 1.77. The van der Waals surface area contributed by atoms with E-state index in [2.05, 4.69) is 10.2 Å². The van der Waals surface area contributed by atoms with Crippen LogP contribution in [0.2, 0.25) is 0 Å². The van der Waals surface area contributed by atoms with E-state index in [4.69, 9.17) is 0 Å². The van der Waals surface area contributed by atoms with E-state index in [1.807, 2.05) is 24.3 Å². The molecule has 1 saturated heterocycles. The van der Waals surface area contributed by atoms with E-state index in [1.165, 1.54) is 23.6 Å². The first-order chi connectivity index (χ1) is 16.2. The van der Waals surface area contributed by atoms with Crippen molar-refractivity contribution in [3.8, 4) is 6.07 Å². The molecule has 0 atom stereocenters. The van der Waals surface area contributed by atoms with E-state index < -0.39 is 29.8 Å². The van der Waals surface area contributed by atoms with E-state index in [1.54, 1.807) is 18.3 Å². The van der Waals surface area contributed by atoms with Crippen LogP contribution < -0.4 is 25.4 Å². The molecule has 0 saturated carbocycles. The van der Waals surface area contributed by atoms with Gasteiger partial charge in [-0.2, -0.15) is 18.4 Å². The molecule has 2 aromatic rings. The maximum Gasteiger partial charge on any atom is 0.405 e. The van der Waals surface area contributed by atoms with Gasteiger partial charge in [0.1, 0.15) is 21.8 Å². The number of amides is 1. The quantitative estimate of drug-likeness (QED) is 0.585. The molecule has 0 aliphatic carbocycles. The lowest BCUT2D eigenvalue weighted by Gasteiger charge is -2.14. The molecule has 0 bridgehead atoms. The molecule has 0 spiro atoms. The number of likely N-dealkylation sites (tertiary alicyclic amines) is 1. The Hall–Kier alpha value is -3.10. The number of hydrogen-bond donors (Lipinski definition) is 2. The first kappa shape index (κ1) is 25.5. The summed E-state index contributed by atoms with van der Waals surface area (Å²) in [5, 5.41) is 14.2. The van der Waals surface area contributed by atoms with Gasteiger partial charge in [-0.05, 0) is 57.0 Å². The highest BCUT2D eigenvalue weighted by Crippen LogP contribution is 2.14. The topological polar surface area (TPSA) is 90.2 Å². The first-order valence-corrected chi connectivity index (χ1v) is 11.8. The Kier molecular flexibility index (Phi) is 8.52. The Morgan fingerprint density at radius 3 is 2.68 bits per heavy atom. The molecule has 0 radical (unpaired) electrons. The summed E-state index contributed by atoms with van der Waals surface area (Å²) in [6.07, 6.45) is 0.273. The lowest BCUT2D eigenvalue weighted by atomic mass is 10.1. The molecule has 182 valence electrons. The van der Waals surface area contributed by atoms with E-state index in [-0.39, 0.29) is 15.7 Å². The largest absolute Gasteiger partial charge is 0.405 e. The number of nitriles is 1. The number of carbonyl (C=O) groups is 1. The molecular formula is C23H26F3N5O2S. The summed E-state index contributed by atoms with van der Waals surface area (Å²) in [6, 6.07) is 9.46. The van der Waals surface area contributed by atoms with Gasteiger partial charge in [0.25, 0.3) is 11.5 Å². The number of halogens is 3. The Balaban J connectivity index is 1.84. The Morgan fingerprint density at radius 1 is 1.29 bits per heavy atom. The van der Waals surface area contributed by atoms with Crippen molar-refractivity contribution in [2.24, 2.45) is 0 Å². The number of hydrogen-bond acceptors (Lipinski definition) is 6. The number of aromatic nitrogens is 1. The molecule has 34 heavy (non-hydrogen) atoms. The predicted molar refractivity (Wildman–Crippen MR) is 125 cm³/mol. The normalized spacial score (nSPS) is 15.8. The fourth-order valence-electron chi connectivity index (χ4n) is 3.72. The van der Waals surface area contributed by atoms with Crippen molar-refractivity contribution in [1.82, 2.24) is 14.8 Å². The van der Waals surface area contributed by atoms with Crippen LogP contribution in [-0.2, 0) is 17.8 Å². The summed E-state index contributed by atoms with van der Waals surface area (Å²) < 4.78 is 38.8. The number of benzene rings is 1. The lowest BCUT2D eigenvalue weighted by molar-refractivity contribution is -0.135. The zero-order chi connectivity index (χ0) is 24.7. The monoisotopic (exact) mass is 493 g/mol. The van der Waals surface area contributed by atoms with Gasteiger partial charge in [-0.25, -0.2) is 0 Å². The van der Waals surface area contributed by atoms with Gasteiger partial charge in [-0.15, -0.1) is 11.3 Å². The molecule has 1 amide bonds. The molecule has 2 N–H and O–H groups in total.